The van der Waals surface area contributed by atoms with Gasteiger partial charge in [0.25, 0.3) is 6.43 Å². The Bertz CT molecular complexity index is 1400. The number of hydrogen-bond acceptors (Lipinski definition) is 3. The molecule has 10 heteroatoms. The van der Waals surface area contributed by atoms with Crippen LogP contribution in [-0.2, 0) is 10.0 Å². The molecule has 0 saturated heterocycles. The third-order valence-electron chi connectivity index (χ3n) is 4.80. The van der Waals surface area contributed by atoms with Crippen LogP contribution in [0.15, 0.2) is 77.7 Å². The summed E-state index contributed by atoms with van der Waals surface area (Å²) in [6.07, 6.45) is -3.10. The normalized spacial score (nSPS) is 11.8. The van der Waals surface area contributed by atoms with Crippen LogP contribution in [0, 0.1) is 11.6 Å². The predicted molar refractivity (Wildman–Crippen MR) is 111 cm³/mol. The maximum absolute atomic E-state index is 14.7. The molecule has 4 aromatic rings. The van der Waals surface area contributed by atoms with Crippen molar-refractivity contribution >= 4 is 10.0 Å². The van der Waals surface area contributed by atoms with Crippen LogP contribution in [0.3, 0.4) is 0 Å². The van der Waals surface area contributed by atoms with E-state index in [1.54, 1.807) is 0 Å². The Morgan fingerprint density at radius 3 is 2.00 bits per heavy atom. The lowest BCUT2D eigenvalue weighted by Crippen LogP contribution is -2.11. The highest BCUT2D eigenvalue weighted by Crippen LogP contribution is 2.41. The van der Waals surface area contributed by atoms with Gasteiger partial charge in [-0.3, -0.25) is 0 Å². The molecule has 0 aliphatic carbocycles. The van der Waals surface area contributed by atoms with Gasteiger partial charge < -0.3 is 0 Å². The Labute approximate surface area is 180 Å². The number of para-hydroxylation sites is 1. The van der Waals surface area contributed by atoms with Crippen molar-refractivity contribution in [2.24, 2.45) is 5.14 Å². The number of alkyl halides is 2. The van der Waals surface area contributed by atoms with E-state index in [4.69, 9.17) is 5.14 Å². The van der Waals surface area contributed by atoms with Crippen molar-refractivity contribution in [3.05, 3.63) is 90.1 Å². The van der Waals surface area contributed by atoms with Crippen LogP contribution in [0.5, 0.6) is 0 Å². The first-order chi connectivity index (χ1) is 15.2. The SMILES string of the molecule is NS(=O)(=O)c1ccc(-c2c(-c3ccccc3F)c(C(F)F)nn2-c2ccccc2F)cc1. The van der Waals surface area contributed by atoms with E-state index in [-0.39, 0.29) is 33.0 Å². The smallest absolute Gasteiger partial charge is 0.229 e. The molecule has 1 heterocycles. The number of rotatable bonds is 5. The fraction of sp³-hybridized carbons (Fsp3) is 0.0455. The van der Waals surface area contributed by atoms with Gasteiger partial charge in [-0.05, 0) is 30.3 Å². The molecule has 0 spiro atoms. The topological polar surface area (TPSA) is 78.0 Å². The molecule has 0 saturated carbocycles. The van der Waals surface area contributed by atoms with Gasteiger partial charge in [0.05, 0.1) is 10.6 Å². The molecule has 3 aromatic carbocycles. The van der Waals surface area contributed by atoms with Crippen molar-refractivity contribution in [1.29, 1.82) is 0 Å². The summed E-state index contributed by atoms with van der Waals surface area (Å²) in [5, 5.41) is 9.05. The fourth-order valence-corrected chi connectivity index (χ4v) is 3.90. The summed E-state index contributed by atoms with van der Waals surface area (Å²) < 4.78 is 81.4. The van der Waals surface area contributed by atoms with Crippen LogP contribution < -0.4 is 5.14 Å². The number of halogens is 4. The minimum Gasteiger partial charge on any atom is -0.229 e. The summed E-state index contributed by atoms with van der Waals surface area (Å²) in [6.45, 7) is 0. The number of nitrogens with zero attached hydrogens (tertiary/aromatic N) is 2. The molecule has 0 unspecified atom stereocenters. The van der Waals surface area contributed by atoms with Gasteiger partial charge in [0.2, 0.25) is 10.0 Å². The molecule has 1 aromatic heterocycles. The molecule has 2 N–H and O–H groups in total. The van der Waals surface area contributed by atoms with Crippen LogP contribution in [-0.4, -0.2) is 18.2 Å². The van der Waals surface area contributed by atoms with Crippen molar-refractivity contribution in [3.8, 4) is 28.1 Å². The van der Waals surface area contributed by atoms with Crippen molar-refractivity contribution in [3.63, 3.8) is 0 Å². The number of nitrogens with two attached hydrogens (primary N) is 1. The summed E-state index contributed by atoms with van der Waals surface area (Å²) in [6, 6.07) is 15.7. The fourth-order valence-electron chi connectivity index (χ4n) is 3.38. The maximum atomic E-state index is 14.7. The quantitative estimate of drug-likeness (QED) is 0.422. The van der Waals surface area contributed by atoms with Crippen LogP contribution in [0.2, 0.25) is 0 Å². The van der Waals surface area contributed by atoms with Crippen LogP contribution in [0.4, 0.5) is 17.6 Å². The molecule has 4 rings (SSSR count). The van der Waals surface area contributed by atoms with E-state index >= 15 is 0 Å². The van der Waals surface area contributed by atoms with Crippen molar-refractivity contribution in [2.75, 3.05) is 0 Å². The first-order valence-corrected chi connectivity index (χ1v) is 10.8. The molecule has 32 heavy (non-hydrogen) atoms. The van der Waals surface area contributed by atoms with Crippen LogP contribution in [0.1, 0.15) is 12.1 Å². The zero-order valence-corrected chi connectivity index (χ0v) is 17.0. The highest BCUT2D eigenvalue weighted by atomic mass is 32.2. The number of aromatic nitrogens is 2. The molecule has 5 nitrogen and oxygen atoms in total. The first kappa shape index (κ1) is 21.7. The molecular weight excluding hydrogens is 446 g/mol. The molecular formula is C22H15F4N3O2S. The summed E-state index contributed by atoms with van der Waals surface area (Å²) in [4.78, 5) is -0.209. The molecule has 0 amide bonds. The predicted octanol–water partition coefficient (Wildman–Crippen LogP) is 5.07. The van der Waals surface area contributed by atoms with E-state index < -0.39 is 33.8 Å². The summed E-state index contributed by atoms with van der Waals surface area (Å²) in [7, 11) is -4.01. The Hall–Kier alpha value is -3.50. The van der Waals surface area contributed by atoms with Gasteiger partial charge in [0.1, 0.15) is 23.0 Å². The summed E-state index contributed by atoms with van der Waals surface area (Å²) in [5.74, 6) is -1.51. The Kier molecular flexibility index (Phi) is 5.57. The zero-order chi connectivity index (χ0) is 23.0. The maximum Gasteiger partial charge on any atom is 0.282 e. The average molecular weight is 461 g/mol. The third-order valence-corrected chi connectivity index (χ3v) is 5.73. The Morgan fingerprint density at radius 1 is 0.844 bits per heavy atom. The Balaban J connectivity index is 2.10. The second kappa shape index (κ2) is 8.21. The number of sulfonamides is 1. The lowest BCUT2D eigenvalue weighted by molar-refractivity contribution is 0.146. The number of primary sulfonamides is 1. The first-order valence-electron chi connectivity index (χ1n) is 9.22. The lowest BCUT2D eigenvalue weighted by atomic mass is 9.98. The minimum atomic E-state index is -4.01. The minimum absolute atomic E-state index is 0.0310. The van der Waals surface area contributed by atoms with Gasteiger partial charge in [-0.2, -0.15) is 5.10 Å². The number of benzene rings is 3. The van der Waals surface area contributed by atoms with E-state index in [0.29, 0.717) is 0 Å². The molecule has 0 aliphatic rings. The molecule has 0 aliphatic heterocycles. The van der Waals surface area contributed by atoms with E-state index in [1.165, 1.54) is 60.7 Å². The van der Waals surface area contributed by atoms with Crippen LogP contribution >= 0.6 is 0 Å². The van der Waals surface area contributed by atoms with Crippen molar-refractivity contribution in [2.45, 2.75) is 11.3 Å². The van der Waals surface area contributed by atoms with E-state index in [0.717, 1.165) is 16.8 Å². The highest BCUT2D eigenvalue weighted by Gasteiger charge is 2.29. The molecule has 164 valence electrons. The second-order valence-corrected chi connectivity index (χ2v) is 8.38. The average Bonchev–Trinajstić information content (AvgIpc) is 3.14. The summed E-state index contributed by atoms with van der Waals surface area (Å²) >= 11 is 0. The summed E-state index contributed by atoms with van der Waals surface area (Å²) in [5.41, 5.74) is -1.10. The van der Waals surface area contributed by atoms with E-state index in [2.05, 4.69) is 5.10 Å². The molecule has 0 fully saturated rings. The van der Waals surface area contributed by atoms with Gasteiger partial charge >= 0.3 is 0 Å². The van der Waals surface area contributed by atoms with Gasteiger partial charge in [-0.25, -0.2) is 35.8 Å². The zero-order valence-electron chi connectivity index (χ0n) is 16.2. The van der Waals surface area contributed by atoms with E-state index in [1.807, 2.05) is 0 Å². The monoisotopic (exact) mass is 461 g/mol. The van der Waals surface area contributed by atoms with Gasteiger partial charge in [-0.15, -0.1) is 0 Å². The Morgan fingerprint density at radius 2 is 1.44 bits per heavy atom. The number of hydrogen-bond donors (Lipinski definition) is 1. The van der Waals surface area contributed by atoms with Gasteiger partial charge in [-0.1, -0.05) is 42.5 Å². The van der Waals surface area contributed by atoms with Crippen molar-refractivity contribution in [1.82, 2.24) is 9.78 Å². The third kappa shape index (κ3) is 3.90. The van der Waals surface area contributed by atoms with E-state index in [9.17, 15) is 26.0 Å². The van der Waals surface area contributed by atoms with Crippen LogP contribution in [0.25, 0.3) is 28.1 Å². The molecule has 0 radical (unpaired) electrons. The van der Waals surface area contributed by atoms with Gasteiger partial charge in [0, 0.05) is 16.7 Å². The standard InChI is InChI=1S/C22H15F4N3O2S/c23-16-6-2-1-5-15(16)19-20(22(25)26)28-29(18-8-4-3-7-17(18)24)21(19)13-9-11-14(12-10-13)32(27,30)31/h1-12,22H,(H2,27,30,31). The lowest BCUT2D eigenvalue weighted by Gasteiger charge is -2.12. The molecule has 0 atom stereocenters. The molecule has 0 bridgehead atoms. The second-order valence-electron chi connectivity index (χ2n) is 6.82. The highest BCUT2D eigenvalue weighted by molar-refractivity contribution is 7.89. The van der Waals surface area contributed by atoms with Crippen molar-refractivity contribution < 1.29 is 26.0 Å². The largest absolute Gasteiger partial charge is 0.282 e. The van der Waals surface area contributed by atoms with Gasteiger partial charge in [0.15, 0.2) is 0 Å².